The molecule has 0 radical (unpaired) electrons. The maximum absolute atomic E-state index is 2.42. The third-order valence-corrected chi connectivity index (χ3v) is 2.00. The molecule has 1 unspecified atom stereocenters. The van der Waals surface area contributed by atoms with E-state index in [1.165, 1.54) is 38.5 Å². The van der Waals surface area contributed by atoms with E-state index in [0.717, 1.165) is 5.92 Å². The van der Waals surface area contributed by atoms with Crippen molar-refractivity contribution in [3.8, 4) is 0 Å². The lowest BCUT2D eigenvalue weighted by molar-refractivity contribution is 0.605. The molecule has 0 N–H and O–H groups in total. The van der Waals surface area contributed by atoms with E-state index in [2.05, 4.69) is 13.3 Å². The van der Waals surface area contributed by atoms with Crippen LogP contribution < -0.4 is 0 Å². The molecule has 0 aromatic rings. The summed E-state index contributed by atoms with van der Waals surface area (Å²) in [5.74, 6) is 1.03. The zero-order valence-corrected chi connectivity index (χ0v) is 6.40. The van der Waals surface area contributed by atoms with Crippen LogP contribution in [0.5, 0.6) is 0 Å². The van der Waals surface area contributed by atoms with Crippen molar-refractivity contribution in [2.45, 2.75) is 45.4 Å². The van der Waals surface area contributed by atoms with Crippen molar-refractivity contribution in [3.05, 3.63) is 6.42 Å². The van der Waals surface area contributed by atoms with Gasteiger partial charge in [0.1, 0.15) is 12.3 Å². The predicted octanol–water partition coefficient (Wildman–Crippen LogP) is 3.18. The third-order valence-electron chi connectivity index (χ3n) is 2.00. The molecule has 9 heavy (non-hydrogen) atoms. The summed E-state index contributed by atoms with van der Waals surface area (Å²) in [7, 11) is 0. The van der Waals surface area contributed by atoms with Crippen LogP contribution >= 0.6 is 0 Å². The lowest BCUT2D eigenvalue weighted by Gasteiger charge is -1.92. The molecule has 0 nitrogen and oxygen atoms in total. The first-order valence-corrected chi connectivity index (χ1v) is 4.27. The molecule has 0 saturated heterocycles. The van der Waals surface area contributed by atoms with Crippen LogP contribution in [0.4, 0.5) is 0 Å². The molecule has 1 fully saturated rings. The Balaban J connectivity index is 1.71. The topological polar surface area (TPSA) is 0 Å². The van der Waals surface area contributed by atoms with Gasteiger partial charge >= 0.3 is 0 Å². The Kier molecular flexibility index (Phi) is 2.96. The summed E-state index contributed by atoms with van der Waals surface area (Å²) < 4.78 is 0. The average Bonchev–Trinajstić information content (AvgIpc) is 2.63. The van der Waals surface area contributed by atoms with Crippen molar-refractivity contribution in [1.82, 2.24) is 0 Å². The zero-order valence-electron chi connectivity index (χ0n) is 6.40. The minimum absolute atomic E-state index is 1.03. The minimum atomic E-state index is 1.03. The van der Waals surface area contributed by atoms with E-state index >= 15 is 0 Å². The second kappa shape index (κ2) is 3.81. The minimum Gasteiger partial charge on any atom is -0.0654 e. The van der Waals surface area contributed by atoms with Crippen molar-refractivity contribution in [2.24, 2.45) is 5.92 Å². The maximum Gasteiger partial charge on any atom is 0.138 e. The van der Waals surface area contributed by atoms with E-state index < -0.39 is 0 Å². The van der Waals surface area contributed by atoms with Crippen LogP contribution in [0.1, 0.15) is 45.4 Å². The van der Waals surface area contributed by atoms with Crippen LogP contribution in [0, 0.1) is 12.3 Å². The Morgan fingerprint density at radius 1 is 1.33 bits per heavy atom. The van der Waals surface area contributed by atoms with E-state index in [1.807, 2.05) is 0 Å². The smallest absolute Gasteiger partial charge is 0.0654 e. The van der Waals surface area contributed by atoms with Gasteiger partial charge in [0.05, 0.1) is 6.42 Å². The molecule has 1 aliphatic carbocycles. The van der Waals surface area contributed by atoms with E-state index in [1.54, 1.807) is 0 Å². The van der Waals surface area contributed by atoms with Gasteiger partial charge in [-0.05, 0) is 12.8 Å². The van der Waals surface area contributed by atoms with E-state index in [-0.39, 0.29) is 0 Å². The largest absolute Gasteiger partial charge is 0.138 e. The molecular weight excluding hydrogens is 108 g/mol. The Morgan fingerprint density at radius 2 is 2.11 bits per heavy atom. The molecule has 1 saturated carbocycles. The first kappa shape index (κ1) is 6.98. The standard InChI is InChI=1S/C9H17/c1-2-3-4-5-6-9-7-8-9/h7,9H,2-6,8H2,1H3/q+1. The monoisotopic (exact) mass is 125 g/mol. The van der Waals surface area contributed by atoms with Crippen molar-refractivity contribution in [3.63, 3.8) is 0 Å². The highest BCUT2D eigenvalue weighted by Gasteiger charge is 2.33. The van der Waals surface area contributed by atoms with Gasteiger partial charge < -0.3 is 0 Å². The zero-order chi connectivity index (χ0) is 6.53. The number of unbranched alkanes of at least 4 members (excludes halogenated alkanes) is 3. The SMILES string of the molecule is CCCCCCC1[CH+]C1. The summed E-state index contributed by atoms with van der Waals surface area (Å²) >= 11 is 0. The fraction of sp³-hybridized carbons (Fsp3) is 0.889. The first-order valence-electron chi connectivity index (χ1n) is 4.27. The molecule has 0 bridgehead atoms. The third kappa shape index (κ3) is 3.45. The second-order valence-electron chi connectivity index (χ2n) is 3.08. The number of hydrogen-bond donors (Lipinski definition) is 0. The van der Waals surface area contributed by atoms with Crippen LogP contribution in [-0.2, 0) is 0 Å². The van der Waals surface area contributed by atoms with Gasteiger partial charge in [-0.2, -0.15) is 0 Å². The van der Waals surface area contributed by atoms with Gasteiger partial charge in [-0.1, -0.05) is 26.2 Å². The molecule has 1 atom stereocenters. The Morgan fingerprint density at radius 3 is 2.67 bits per heavy atom. The summed E-state index contributed by atoms with van der Waals surface area (Å²) in [5, 5.41) is 0. The normalized spacial score (nSPS) is 23.4. The van der Waals surface area contributed by atoms with Gasteiger partial charge in [0, 0.05) is 0 Å². The van der Waals surface area contributed by atoms with Crippen LogP contribution in [-0.4, -0.2) is 0 Å². The lowest BCUT2D eigenvalue weighted by Crippen LogP contribution is -1.78. The quantitative estimate of drug-likeness (QED) is 0.391. The summed E-state index contributed by atoms with van der Waals surface area (Å²) in [5.41, 5.74) is 0. The Hall–Kier alpha value is -0.130. The molecule has 0 aromatic heterocycles. The maximum atomic E-state index is 2.42. The van der Waals surface area contributed by atoms with Crippen LogP contribution in [0.2, 0.25) is 0 Å². The van der Waals surface area contributed by atoms with Crippen LogP contribution in [0.25, 0.3) is 0 Å². The van der Waals surface area contributed by atoms with Gasteiger partial charge in [-0.3, -0.25) is 0 Å². The summed E-state index contributed by atoms with van der Waals surface area (Å²) in [6.07, 6.45) is 11.0. The lowest BCUT2D eigenvalue weighted by atomic mass is 10.1. The molecule has 0 amide bonds. The van der Waals surface area contributed by atoms with Gasteiger partial charge in [0.15, 0.2) is 0 Å². The van der Waals surface area contributed by atoms with E-state index in [0.29, 0.717) is 0 Å². The molecule has 0 heterocycles. The molecule has 0 aromatic carbocycles. The average molecular weight is 125 g/mol. The van der Waals surface area contributed by atoms with Crippen LogP contribution in [0.15, 0.2) is 0 Å². The number of rotatable bonds is 5. The fourth-order valence-corrected chi connectivity index (χ4v) is 1.17. The molecule has 1 aliphatic rings. The van der Waals surface area contributed by atoms with Crippen molar-refractivity contribution in [2.75, 3.05) is 0 Å². The van der Waals surface area contributed by atoms with Gasteiger partial charge in [-0.25, -0.2) is 0 Å². The number of hydrogen-bond acceptors (Lipinski definition) is 0. The highest BCUT2D eigenvalue weighted by molar-refractivity contribution is 4.93. The van der Waals surface area contributed by atoms with Gasteiger partial charge in [0.25, 0.3) is 0 Å². The summed E-state index contributed by atoms with van der Waals surface area (Å²) in [6, 6.07) is 0. The van der Waals surface area contributed by atoms with Crippen molar-refractivity contribution >= 4 is 0 Å². The van der Waals surface area contributed by atoms with E-state index in [9.17, 15) is 0 Å². The molecule has 0 heteroatoms. The second-order valence-corrected chi connectivity index (χ2v) is 3.08. The van der Waals surface area contributed by atoms with Crippen molar-refractivity contribution < 1.29 is 0 Å². The summed E-state index contributed by atoms with van der Waals surface area (Å²) in [4.78, 5) is 0. The molecule has 1 rings (SSSR count). The highest BCUT2D eigenvalue weighted by Crippen LogP contribution is 2.32. The predicted molar refractivity (Wildman–Crippen MR) is 41.2 cm³/mol. The van der Waals surface area contributed by atoms with E-state index in [4.69, 9.17) is 0 Å². The Bertz CT molecular complexity index is 62.4. The van der Waals surface area contributed by atoms with Gasteiger partial charge in [-0.15, -0.1) is 0 Å². The Labute approximate surface area is 58.7 Å². The first-order chi connectivity index (χ1) is 4.43. The van der Waals surface area contributed by atoms with Crippen LogP contribution in [0.3, 0.4) is 0 Å². The molecule has 0 spiro atoms. The summed E-state index contributed by atoms with van der Waals surface area (Å²) in [6.45, 7) is 2.27. The molecule has 0 aliphatic heterocycles. The van der Waals surface area contributed by atoms with Crippen molar-refractivity contribution in [1.29, 1.82) is 0 Å². The highest BCUT2D eigenvalue weighted by atomic mass is 14.2. The molecule has 52 valence electrons. The van der Waals surface area contributed by atoms with Gasteiger partial charge in [0.2, 0.25) is 0 Å². The molecular formula is C9H17+. The fourth-order valence-electron chi connectivity index (χ4n) is 1.17.